The summed E-state index contributed by atoms with van der Waals surface area (Å²) in [5.74, 6) is -1.22. The van der Waals surface area contributed by atoms with Crippen molar-refractivity contribution in [2.24, 2.45) is 0 Å². The van der Waals surface area contributed by atoms with Gasteiger partial charge in [-0.05, 0) is 71.2 Å². The average molecular weight is 589 g/mol. The number of nitrogens with zero attached hydrogens (tertiary/aromatic N) is 2. The molecule has 2 aliphatic heterocycles. The van der Waals surface area contributed by atoms with Crippen molar-refractivity contribution < 1.29 is 19.2 Å². The molecule has 0 radical (unpaired) electrons. The molecule has 0 aromatic heterocycles. The second-order valence-corrected chi connectivity index (χ2v) is 12.8. The zero-order chi connectivity index (χ0) is 32.1. The second kappa shape index (κ2) is 11.2. The van der Waals surface area contributed by atoms with Crippen molar-refractivity contribution in [1.29, 1.82) is 0 Å². The summed E-state index contributed by atoms with van der Waals surface area (Å²) in [6, 6.07) is 17.1. The third-order valence-corrected chi connectivity index (χ3v) is 9.34. The van der Waals surface area contributed by atoms with Gasteiger partial charge in [-0.2, -0.15) is 0 Å². The van der Waals surface area contributed by atoms with Crippen LogP contribution in [0.15, 0.2) is 72.8 Å². The van der Waals surface area contributed by atoms with Crippen LogP contribution in [0.5, 0.6) is 0 Å². The molecule has 0 spiro atoms. The summed E-state index contributed by atoms with van der Waals surface area (Å²) in [6.45, 7) is 16.8. The van der Waals surface area contributed by atoms with Crippen LogP contribution in [0.2, 0.25) is 0 Å². The summed E-state index contributed by atoms with van der Waals surface area (Å²) in [7, 11) is 0. The summed E-state index contributed by atoms with van der Waals surface area (Å²) in [6.07, 6.45) is 6.68. The standard InChI is InChI=1S/C38H40N2O4/c1-9-25-20-29(18-23(3)35(25)39-31(41)14-15-32(39)42)37(5,6)27-12-11-13-28(22-27)38(7,8)30-19-24(4)36(26(10-2)21-30)40-33(43)16-17-34(40)44/h11-22H,9-10H2,1-8H3. The van der Waals surface area contributed by atoms with Crippen LogP contribution in [0.1, 0.15) is 86.1 Å². The lowest BCUT2D eigenvalue weighted by Crippen LogP contribution is -2.32. The molecule has 0 unspecified atom stereocenters. The van der Waals surface area contributed by atoms with Gasteiger partial charge in [0, 0.05) is 35.1 Å². The normalized spacial score (nSPS) is 15.4. The Morgan fingerprint density at radius 1 is 0.523 bits per heavy atom. The predicted molar refractivity (Wildman–Crippen MR) is 175 cm³/mol. The number of hydrogen-bond donors (Lipinski definition) is 0. The van der Waals surface area contributed by atoms with E-state index in [1.165, 1.54) is 34.1 Å². The Hall–Kier alpha value is -4.58. The van der Waals surface area contributed by atoms with E-state index in [9.17, 15) is 19.2 Å². The molecule has 3 aromatic carbocycles. The van der Waals surface area contributed by atoms with E-state index in [1.807, 2.05) is 27.7 Å². The Kier molecular flexibility index (Phi) is 7.83. The Balaban J connectivity index is 1.54. The summed E-state index contributed by atoms with van der Waals surface area (Å²) >= 11 is 0. The van der Waals surface area contributed by atoms with Crippen molar-refractivity contribution in [3.63, 3.8) is 0 Å². The Bertz CT molecular complexity index is 1630. The van der Waals surface area contributed by atoms with Crippen LogP contribution < -0.4 is 9.80 Å². The number of rotatable bonds is 8. The fraction of sp³-hybridized carbons (Fsp3) is 0.316. The maximum Gasteiger partial charge on any atom is 0.258 e. The number of carbonyl (C=O) groups excluding carboxylic acids is 4. The summed E-state index contributed by atoms with van der Waals surface area (Å²) < 4.78 is 0. The van der Waals surface area contributed by atoms with Crippen molar-refractivity contribution in [3.8, 4) is 0 Å². The maximum absolute atomic E-state index is 12.5. The van der Waals surface area contributed by atoms with Gasteiger partial charge in [-0.15, -0.1) is 0 Å². The fourth-order valence-electron chi connectivity index (χ4n) is 6.48. The first-order valence-corrected chi connectivity index (χ1v) is 15.2. The minimum Gasteiger partial charge on any atom is -0.269 e. The van der Waals surface area contributed by atoms with E-state index in [4.69, 9.17) is 0 Å². The molecule has 6 heteroatoms. The molecule has 5 rings (SSSR count). The molecule has 0 aliphatic carbocycles. The van der Waals surface area contributed by atoms with Crippen LogP contribution in [-0.4, -0.2) is 23.6 Å². The molecule has 44 heavy (non-hydrogen) atoms. The van der Waals surface area contributed by atoms with Crippen molar-refractivity contribution in [2.45, 2.75) is 79.1 Å². The van der Waals surface area contributed by atoms with Gasteiger partial charge in [0.05, 0.1) is 11.4 Å². The highest BCUT2D eigenvalue weighted by molar-refractivity contribution is 6.29. The van der Waals surface area contributed by atoms with Gasteiger partial charge in [-0.3, -0.25) is 19.2 Å². The van der Waals surface area contributed by atoms with Gasteiger partial charge in [-0.25, -0.2) is 9.80 Å². The van der Waals surface area contributed by atoms with Gasteiger partial charge in [0.15, 0.2) is 0 Å². The number of anilines is 2. The summed E-state index contributed by atoms with van der Waals surface area (Å²) in [5.41, 5.74) is 8.85. The monoisotopic (exact) mass is 588 g/mol. The molecule has 0 N–H and O–H groups in total. The minimum atomic E-state index is -0.367. The molecular formula is C38H40N2O4. The zero-order valence-electron chi connectivity index (χ0n) is 26.9. The maximum atomic E-state index is 12.5. The Morgan fingerprint density at radius 2 is 0.864 bits per heavy atom. The smallest absolute Gasteiger partial charge is 0.258 e. The number of hydrogen-bond acceptors (Lipinski definition) is 4. The molecule has 0 saturated heterocycles. The highest BCUT2D eigenvalue weighted by atomic mass is 16.2. The van der Waals surface area contributed by atoms with Crippen LogP contribution >= 0.6 is 0 Å². The van der Waals surface area contributed by atoms with E-state index in [0.29, 0.717) is 24.2 Å². The summed E-state index contributed by atoms with van der Waals surface area (Å²) in [4.78, 5) is 52.6. The predicted octanol–water partition coefficient (Wildman–Crippen LogP) is 6.94. The highest BCUT2D eigenvalue weighted by Gasteiger charge is 2.34. The molecule has 2 heterocycles. The molecule has 4 amide bonds. The average Bonchev–Trinajstić information content (AvgIpc) is 3.50. The number of imide groups is 2. The number of benzene rings is 3. The minimum absolute atomic E-state index is 0.306. The first-order valence-electron chi connectivity index (χ1n) is 15.2. The van der Waals surface area contributed by atoms with Crippen LogP contribution in [0, 0.1) is 13.8 Å². The third kappa shape index (κ3) is 5.02. The van der Waals surface area contributed by atoms with Gasteiger partial charge in [-0.1, -0.05) is 90.1 Å². The van der Waals surface area contributed by atoms with Crippen LogP contribution in [0.3, 0.4) is 0 Å². The van der Waals surface area contributed by atoms with Crippen molar-refractivity contribution in [3.05, 3.63) is 117 Å². The van der Waals surface area contributed by atoms with Gasteiger partial charge in [0.2, 0.25) is 0 Å². The van der Waals surface area contributed by atoms with E-state index in [1.54, 1.807) is 0 Å². The molecular weight excluding hydrogens is 548 g/mol. The van der Waals surface area contributed by atoms with Crippen molar-refractivity contribution in [1.82, 2.24) is 0 Å². The topological polar surface area (TPSA) is 74.8 Å². The lowest BCUT2D eigenvalue weighted by Gasteiger charge is -2.33. The largest absolute Gasteiger partial charge is 0.269 e. The van der Waals surface area contributed by atoms with Gasteiger partial charge in [0.1, 0.15) is 0 Å². The highest BCUT2D eigenvalue weighted by Crippen LogP contribution is 2.41. The lowest BCUT2D eigenvalue weighted by molar-refractivity contribution is -0.121. The SMILES string of the molecule is CCc1cc(C(C)(C)c2cccc(C(C)(C)c3cc(C)c(N4C(=O)C=CC4=O)c(CC)c3)c2)cc(C)c1N1C(=O)C=CC1=O. The van der Waals surface area contributed by atoms with E-state index >= 15 is 0 Å². The Morgan fingerprint density at radius 3 is 1.18 bits per heavy atom. The number of amides is 4. The Labute approximate surface area is 260 Å². The van der Waals surface area contributed by atoms with Crippen LogP contribution in [-0.2, 0) is 42.8 Å². The molecule has 6 nitrogen and oxygen atoms in total. The first-order chi connectivity index (χ1) is 20.7. The van der Waals surface area contributed by atoms with Crippen molar-refractivity contribution in [2.75, 3.05) is 9.80 Å². The second-order valence-electron chi connectivity index (χ2n) is 12.8. The third-order valence-electron chi connectivity index (χ3n) is 9.34. The fourth-order valence-corrected chi connectivity index (χ4v) is 6.48. The van der Waals surface area contributed by atoms with E-state index in [-0.39, 0.29) is 34.5 Å². The molecule has 226 valence electrons. The molecule has 3 aromatic rings. The van der Waals surface area contributed by atoms with Crippen LogP contribution in [0.4, 0.5) is 11.4 Å². The molecule has 0 saturated carbocycles. The van der Waals surface area contributed by atoms with E-state index in [2.05, 4.69) is 76.2 Å². The summed E-state index contributed by atoms with van der Waals surface area (Å²) in [5, 5.41) is 0. The lowest BCUT2D eigenvalue weighted by atomic mass is 9.72. The van der Waals surface area contributed by atoms with Crippen LogP contribution in [0.25, 0.3) is 0 Å². The van der Waals surface area contributed by atoms with E-state index in [0.717, 1.165) is 44.5 Å². The molecule has 2 aliphatic rings. The van der Waals surface area contributed by atoms with Gasteiger partial charge < -0.3 is 0 Å². The van der Waals surface area contributed by atoms with E-state index < -0.39 is 0 Å². The quantitative estimate of drug-likeness (QED) is 0.267. The first kappa shape index (κ1) is 30.9. The number of carbonyl (C=O) groups is 4. The molecule has 0 atom stereocenters. The van der Waals surface area contributed by atoms with Crippen molar-refractivity contribution >= 4 is 35.0 Å². The van der Waals surface area contributed by atoms with Gasteiger partial charge in [0.25, 0.3) is 23.6 Å². The number of aryl methyl sites for hydroxylation is 4. The molecule has 0 fully saturated rings. The molecule has 0 bridgehead atoms. The zero-order valence-corrected chi connectivity index (χ0v) is 26.9. The van der Waals surface area contributed by atoms with Gasteiger partial charge >= 0.3 is 0 Å².